The van der Waals surface area contributed by atoms with Gasteiger partial charge in [-0.05, 0) is 46.7 Å². The zero-order valence-corrected chi connectivity index (χ0v) is 12.5. The van der Waals surface area contributed by atoms with Crippen molar-refractivity contribution in [2.24, 2.45) is 0 Å². The molecule has 2 N–H and O–H groups in total. The number of ether oxygens (including phenoxy) is 1. The molecule has 1 atom stereocenters. The fraction of sp³-hybridized carbons (Fsp3) is 0.158. The molecule has 3 heteroatoms. The summed E-state index contributed by atoms with van der Waals surface area (Å²) < 4.78 is 5.13. The van der Waals surface area contributed by atoms with E-state index in [1.54, 1.807) is 7.11 Å². The number of rotatable bonds is 5. The summed E-state index contributed by atoms with van der Waals surface area (Å²) >= 11 is 0. The maximum absolute atomic E-state index is 10.4. The molecule has 0 radical (unpaired) electrons. The van der Waals surface area contributed by atoms with Crippen LogP contribution in [0.25, 0.3) is 10.8 Å². The fourth-order valence-corrected chi connectivity index (χ4v) is 2.46. The summed E-state index contributed by atoms with van der Waals surface area (Å²) in [5.74, 6) is 0.820. The van der Waals surface area contributed by atoms with Crippen LogP contribution in [0.1, 0.15) is 11.7 Å². The van der Waals surface area contributed by atoms with Gasteiger partial charge in [-0.1, -0.05) is 36.4 Å². The van der Waals surface area contributed by atoms with Crippen molar-refractivity contribution in [2.75, 3.05) is 19.0 Å². The Balaban J connectivity index is 1.68. The lowest BCUT2D eigenvalue weighted by Gasteiger charge is -2.14. The topological polar surface area (TPSA) is 41.5 Å². The largest absolute Gasteiger partial charge is 0.497 e. The van der Waals surface area contributed by atoms with E-state index in [4.69, 9.17) is 4.74 Å². The first-order chi connectivity index (χ1) is 10.8. The minimum absolute atomic E-state index is 0.463. The van der Waals surface area contributed by atoms with Crippen LogP contribution in [0.15, 0.2) is 66.7 Å². The number of fused-ring (bicyclic) bond motifs is 1. The maximum atomic E-state index is 10.4. The lowest BCUT2D eigenvalue weighted by atomic mass is 10.0. The Morgan fingerprint density at radius 2 is 1.68 bits per heavy atom. The number of aliphatic hydroxyl groups is 1. The summed E-state index contributed by atoms with van der Waals surface area (Å²) in [6.45, 7) is 0.463. The van der Waals surface area contributed by atoms with E-state index in [0.717, 1.165) is 22.4 Å². The van der Waals surface area contributed by atoms with Crippen LogP contribution in [-0.2, 0) is 0 Å². The first-order valence-corrected chi connectivity index (χ1v) is 7.31. The fourth-order valence-electron chi connectivity index (χ4n) is 2.46. The predicted octanol–water partition coefficient (Wildman–Crippen LogP) is 3.99. The van der Waals surface area contributed by atoms with Gasteiger partial charge in [0.1, 0.15) is 5.75 Å². The van der Waals surface area contributed by atoms with Crippen LogP contribution in [0, 0.1) is 0 Å². The molecular formula is C19H19NO2. The first-order valence-electron chi connectivity index (χ1n) is 7.31. The highest BCUT2D eigenvalue weighted by Gasteiger charge is 2.08. The highest BCUT2D eigenvalue weighted by Crippen LogP contribution is 2.21. The monoisotopic (exact) mass is 293 g/mol. The SMILES string of the molecule is COc1ccc(NC[C@@H](O)c2ccc3ccccc3c2)cc1. The molecule has 0 saturated heterocycles. The summed E-state index contributed by atoms with van der Waals surface area (Å²) in [5, 5.41) is 15.9. The normalized spacial score (nSPS) is 12.1. The van der Waals surface area contributed by atoms with Gasteiger partial charge in [0, 0.05) is 12.2 Å². The molecule has 0 fully saturated rings. The number of anilines is 1. The Morgan fingerprint density at radius 1 is 0.955 bits per heavy atom. The molecule has 0 aliphatic heterocycles. The quantitative estimate of drug-likeness (QED) is 0.747. The first kappa shape index (κ1) is 14.4. The van der Waals surface area contributed by atoms with Crippen molar-refractivity contribution >= 4 is 16.5 Å². The molecule has 0 saturated carbocycles. The molecule has 22 heavy (non-hydrogen) atoms. The lowest BCUT2D eigenvalue weighted by Crippen LogP contribution is -2.12. The van der Waals surface area contributed by atoms with E-state index in [9.17, 15) is 5.11 Å². The molecule has 0 aliphatic rings. The van der Waals surface area contributed by atoms with Crippen molar-refractivity contribution in [1.29, 1.82) is 0 Å². The Morgan fingerprint density at radius 3 is 2.41 bits per heavy atom. The molecule has 3 nitrogen and oxygen atoms in total. The van der Waals surface area contributed by atoms with Crippen molar-refractivity contribution in [3.8, 4) is 5.75 Å². The summed E-state index contributed by atoms with van der Waals surface area (Å²) in [6.07, 6.45) is -0.549. The van der Waals surface area contributed by atoms with Gasteiger partial charge in [0.15, 0.2) is 0 Å². The van der Waals surface area contributed by atoms with E-state index in [1.165, 1.54) is 5.39 Å². The molecule has 3 aromatic carbocycles. The van der Waals surface area contributed by atoms with E-state index in [0.29, 0.717) is 6.54 Å². The Bertz CT molecular complexity index is 753. The van der Waals surface area contributed by atoms with Crippen molar-refractivity contribution < 1.29 is 9.84 Å². The van der Waals surface area contributed by atoms with Crippen LogP contribution in [0.3, 0.4) is 0 Å². The Labute approximate surface area is 130 Å². The van der Waals surface area contributed by atoms with Gasteiger partial charge in [-0.25, -0.2) is 0 Å². The van der Waals surface area contributed by atoms with E-state index < -0.39 is 6.10 Å². The average Bonchev–Trinajstić information content (AvgIpc) is 2.59. The third-order valence-electron chi connectivity index (χ3n) is 3.75. The molecule has 0 amide bonds. The zero-order valence-electron chi connectivity index (χ0n) is 12.5. The van der Waals surface area contributed by atoms with Crippen molar-refractivity contribution in [3.63, 3.8) is 0 Å². The van der Waals surface area contributed by atoms with Gasteiger partial charge in [0.2, 0.25) is 0 Å². The van der Waals surface area contributed by atoms with Crippen molar-refractivity contribution in [2.45, 2.75) is 6.10 Å². The third kappa shape index (κ3) is 3.21. The number of hydrogen-bond donors (Lipinski definition) is 2. The second-order valence-corrected chi connectivity index (χ2v) is 5.23. The minimum Gasteiger partial charge on any atom is -0.497 e. The second kappa shape index (κ2) is 6.50. The van der Waals surface area contributed by atoms with Gasteiger partial charge in [-0.2, -0.15) is 0 Å². The van der Waals surface area contributed by atoms with Crippen LogP contribution < -0.4 is 10.1 Å². The van der Waals surface area contributed by atoms with Gasteiger partial charge < -0.3 is 15.2 Å². The molecule has 0 spiro atoms. The molecule has 0 aromatic heterocycles. The molecule has 0 bridgehead atoms. The highest BCUT2D eigenvalue weighted by atomic mass is 16.5. The summed E-state index contributed by atoms with van der Waals surface area (Å²) in [4.78, 5) is 0. The standard InChI is InChI=1S/C19H19NO2/c1-22-18-10-8-17(9-11-18)20-13-19(21)16-7-6-14-4-2-3-5-15(14)12-16/h2-12,19-21H,13H2,1H3/t19-/m1/s1. The molecule has 0 unspecified atom stereocenters. The average molecular weight is 293 g/mol. The maximum Gasteiger partial charge on any atom is 0.119 e. The van der Waals surface area contributed by atoms with E-state index in [1.807, 2.05) is 54.6 Å². The van der Waals surface area contributed by atoms with Crippen molar-refractivity contribution in [3.05, 3.63) is 72.3 Å². The number of aliphatic hydroxyl groups excluding tert-OH is 1. The Hall–Kier alpha value is -2.52. The zero-order chi connectivity index (χ0) is 15.4. The van der Waals surface area contributed by atoms with E-state index in [2.05, 4.69) is 17.4 Å². The number of hydrogen-bond acceptors (Lipinski definition) is 3. The minimum atomic E-state index is -0.549. The van der Waals surface area contributed by atoms with E-state index >= 15 is 0 Å². The molecule has 0 aliphatic carbocycles. The summed E-state index contributed by atoms with van der Waals surface area (Å²) in [6, 6.07) is 21.9. The Kier molecular flexibility index (Phi) is 4.26. The third-order valence-corrected chi connectivity index (χ3v) is 3.75. The van der Waals surface area contributed by atoms with Gasteiger partial charge >= 0.3 is 0 Å². The van der Waals surface area contributed by atoms with Crippen molar-refractivity contribution in [1.82, 2.24) is 0 Å². The van der Waals surface area contributed by atoms with Crippen LogP contribution in [0.4, 0.5) is 5.69 Å². The number of nitrogens with one attached hydrogen (secondary N) is 1. The van der Waals surface area contributed by atoms with Gasteiger partial charge in [-0.3, -0.25) is 0 Å². The summed E-state index contributed by atoms with van der Waals surface area (Å²) in [5.41, 5.74) is 1.88. The molecule has 112 valence electrons. The number of methoxy groups -OCH3 is 1. The van der Waals surface area contributed by atoms with Gasteiger partial charge in [0.25, 0.3) is 0 Å². The molecule has 3 aromatic rings. The predicted molar refractivity (Wildman–Crippen MR) is 90.4 cm³/mol. The molecule has 3 rings (SSSR count). The van der Waals surface area contributed by atoms with E-state index in [-0.39, 0.29) is 0 Å². The van der Waals surface area contributed by atoms with Crippen LogP contribution >= 0.6 is 0 Å². The number of benzene rings is 3. The second-order valence-electron chi connectivity index (χ2n) is 5.23. The van der Waals surface area contributed by atoms with Crippen LogP contribution in [0.2, 0.25) is 0 Å². The van der Waals surface area contributed by atoms with Gasteiger partial charge in [0.05, 0.1) is 13.2 Å². The smallest absolute Gasteiger partial charge is 0.119 e. The molecule has 0 heterocycles. The van der Waals surface area contributed by atoms with Crippen LogP contribution in [0.5, 0.6) is 5.75 Å². The highest BCUT2D eigenvalue weighted by molar-refractivity contribution is 5.83. The van der Waals surface area contributed by atoms with Gasteiger partial charge in [-0.15, -0.1) is 0 Å². The lowest BCUT2D eigenvalue weighted by molar-refractivity contribution is 0.192. The summed E-state index contributed by atoms with van der Waals surface area (Å²) in [7, 11) is 1.64. The van der Waals surface area contributed by atoms with Crippen LogP contribution in [-0.4, -0.2) is 18.8 Å². The molecular weight excluding hydrogens is 274 g/mol.